The van der Waals surface area contributed by atoms with E-state index in [0.29, 0.717) is 0 Å². The first kappa shape index (κ1) is 15.4. The van der Waals surface area contributed by atoms with Crippen molar-refractivity contribution in [3.8, 4) is 0 Å². The van der Waals surface area contributed by atoms with Gasteiger partial charge in [0.1, 0.15) is 0 Å². The Morgan fingerprint density at radius 2 is 1.79 bits per heavy atom. The van der Waals surface area contributed by atoms with Gasteiger partial charge in [-0.05, 0) is 38.3 Å². The van der Waals surface area contributed by atoms with Crippen LogP contribution in [0.3, 0.4) is 0 Å². The molecule has 1 N–H and O–H groups in total. The lowest BCUT2D eigenvalue weighted by atomic mass is 10.1. The van der Waals surface area contributed by atoms with Crippen molar-refractivity contribution >= 4 is 12.0 Å². The fourth-order valence-electron chi connectivity index (χ4n) is 1.66. The van der Waals surface area contributed by atoms with Gasteiger partial charge in [-0.1, -0.05) is 24.3 Å². The van der Waals surface area contributed by atoms with Crippen LogP contribution in [0.15, 0.2) is 30.3 Å². The molecule has 4 nitrogen and oxygen atoms in total. The summed E-state index contributed by atoms with van der Waals surface area (Å²) in [6.45, 7) is 2.96. The highest BCUT2D eigenvalue weighted by molar-refractivity contribution is 5.85. The van der Waals surface area contributed by atoms with Gasteiger partial charge >= 0.3 is 5.97 Å². The molecule has 19 heavy (non-hydrogen) atoms. The molecule has 104 valence electrons. The van der Waals surface area contributed by atoms with E-state index in [1.807, 2.05) is 24.3 Å². The second kappa shape index (κ2) is 7.71. The molecule has 0 bridgehead atoms. The van der Waals surface area contributed by atoms with Gasteiger partial charge in [0.2, 0.25) is 0 Å². The van der Waals surface area contributed by atoms with Gasteiger partial charge in [0.15, 0.2) is 0 Å². The molecule has 4 heteroatoms. The third-order valence-corrected chi connectivity index (χ3v) is 2.78. The molecule has 0 aliphatic rings. The average molecular weight is 262 g/mol. The molecule has 0 aliphatic heterocycles. The summed E-state index contributed by atoms with van der Waals surface area (Å²) in [7, 11) is 6.23. The van der Waals surface area contributed by atoms with Gasteiger partial charge in [-0.3, -0.25) is 0 Å². The molecule has 0 saturated carbocycles. The predicted molar refractivity (Wildman–Crippen MR) is 78.0 cm³/mol. The van der Waals surface area contributed by atoms with E-state index < -0.39 is 5.97 Å². The van der Waals surface area contributed by atoms with Crippen LogP contribution in [-0.4, -0.2) is 55.1 Å². The third kappa shape index (κ3) is 6.74. The highest BCUT2D eigenvalue weighted by atomic mass is 16.4. The average Bonchev–Trinajstić information content (AvgIpc) is 2.35. The van der Waals surface area contributed by atoms with E-state index in [9.17, 15) is 4.79 Å². The number of benzene rings is 1. The van der Waals surface area contributed by atoms with Gasteiger partial charge in [-0.2, -0.15) is 0 Å². The van der Waals surface area contributed by atoms with Gasteiger partial charge in [0, 0.05) is 25.7 Å². The number of nitrogens with zero attached hydrogens (tertiary/aromatic N) is 2. The first-order chi connectivity index (χ1) is 8.97. The maximum absolute atomic E-state index is 10.4. The predicted octanol–water partition coefficient (Wildman–Crippen LogP) is 1.78. The van der Waals surface area contributed by atoms with Crippen molar-refractivity contribution in [1.29, 1.82) is 0 Å². The summed E-state index contributed by atoms with van der Waals surface area (Å²) in [4.78, 5) is 14.8. The number of carboxylic acids is 1. The Balaban J connectivity index is 2.50. The van der Waals surface area contributed by atoms with Crippen LogP contribution >= 0.6 is 0 Å². The highest BCUT2D eigenvalue weighted by Crippen LogP contribution is 2.08. The molecule has 1 aromatic rings. The lowest BCUT2D eigenvalue weighted by Gasteiger charge is -2.19. The standard InChI is InChI=1S/C15H22N2O2/c1-16(2)10-11-17(3)12-14-6-4-13(5-7-14)8-9-15(18)19/h4-9H,10-12H2,1-3H3,(H,18,19). The van der Waals surface area contributed by atoms with E-state index in [4.69, 9.17) is 5.11 Å². The van der Waals surface area contributed by atoms with Crippen LogP contribution in [0.1, 0.15) is 11.1 Å². The van der Waals surface area contributed by atoms with Crippen molar-refractivity contribution in [2.75, 3.05) is 34.2 Å². The maximum Gasteiger partial charge on any atom is 0.328 e. The van der Waals surface area contributed by atoms with E-state index >= 15 is 0 Å². The minimum Gasteiger partial charge on any atom is -0.478 e. The highest BCUT2D eigenvalue weighted by Gasteiger charge is 2.01. The van der Waals surface area contributed by atoms with Crippen molar-refractivity contribution in [3.05, 3.63) is 41.5 Å². The van der Waals surface area contributed by atoms with Crippen LogP contribution in [0.2, 0.25) is 0 Å². The largest absolute Gasteiger partial charge is 0.478 e. The molecule has 1 aromatic carbocycles. The van der Waals surface area contributed by atoms with E-state index in [1.165, 1.54) is 5.56 Å². The van der Waals surface area contributed by atoms with Gasteiger partial charge in [-0.15, -0.1) is 0 Å². The van der Waals surface area contributed by atoms with E-state index in [2.05, 4.69) is 30.9 Å². The Hall–Kier alpha value is -1.65. The zero-order chi connectivity index (χ0) is 14.3. The lowest BCUT2D eigenvalue weighted by Crippen LogP contribution is -2.28. The van der Waals surface area contributed by atoms with Crippen LogP contribution in [0, 0.1) is 0 Å². The van der Waals surface area contributed by atoms with Crippen LogP contribution in [-0.2, 0) is 11.3 Å². The fraction of sp³-hybridized carbons (Fsp3) is 0.400. The first-order valence-corrected chi connectivity index (χ1v) is 6.30. The molecule has 0 heterocycles. The number of hydrogen-bond donors (Lipinski definition) is 1. The minimum absolute atomic E-state index is 0.900. The Kier molecular flexibility index (Phi) is 6.25. The molecule has 0 aliphatic carbocycles. The number of carboxylic acid groups (broad SMARTS) is 1. The second-order valence-electron chi connectivity index (χ2n) is 4.95. The van der Waals surface area contributed by atoms with Crippen LogP contribution in [0.5, 0.6) is 0 Å². The van der Waals surface area contributed by atoms with Crippen molar-refractivity contribution in [2.24, 2.45) is 0 Å². The molecule has 0 aromatic heterocycles. The summed E-state index contributed by atoms with van der Waals surface area (Å²) in [6.07, 6.45) is 2.75. The SMILES string of the molecule is CN(C)CCN(C)Cc1ccc(C=CC(=O)O)cc1. The zero-order valence-corrected chi connectivity index (χ0v) is 11.8. The fourth-order valence-corrected chi connectivity index (χ4v) is 1.66. The smallest absolute Gasteiger partial charge is 0.328 e. The number of carbonyl (C=O) groups is 1. The van der Waals surface area contributed by atoms with E-state index in [1.54, 1.807) is 6.08 Å². The Bertz CT molecular complexity index is 424. The normalized spacial score (nSPS) is 11.6. The van der Waals surface area contributed by atoms with E-state index in [-0.39, 0.29) is 0 Å². The molecule has 0 spiro atoms. The quantitative estimate of drug-likeness (QED) is 0.761. The van der Waals surface area contributed by atoms with Gasteiger partial charge in [0.05, 0.1) is 0 Å². The Morgan fingerprint density at radius 1 is 1.16 bits per heavy atom. The molecule has 1 rings (SSSR count). The second-order valence-corrected chi connectivity index (χ2v) is 4.95. The van der Waals surface area contributed by atoms with Gasteiger partial charge in [-0.25, -0.2) is 4.79 Å². The van der Waals surface area contributed by atoms with Crippen molar-refractivity contribution in [3.63, 3.8) is 0 Å². The molecular weight excluding hydrogens is 240 g/mol. The maximum atomic E-state index is 10.4. The van der Waals surface area contributed by atoms with Gasteiger partial charge < -0.3 is 14.9 Å². The summed E-state index contributed by atoms with van der Waals surface area (Å²) >= 11 is 0. The van der Waals surface area contributed by atoms with Crippen molar-refractivity contribution in [1.82, 2.24) is 9.80 Å². The Labute approximate surface area is 115 Å². The number of aliphatic carboxylic acids is 1. The summed E-state index contributed by atoms with van der Waals surface area (Å²) in [6, 6.07) is 7.95. The molecule has 0 atom stereocenters. The minimum atomic E-state index is -0.924. The topological polar surface area (TPSA) is 43.8 Å². The zero-order valence-electron chi connectivity index (χ0n) is 11.8. The monoisotopic (exact) mass is 262 g/mol. The number of likely N-dealkylation sites (N-methyl/N-ethyl adjacent to an activating group) is 2. The van der Waals surface area contributed by atoms with Crippen molar-refractivity contribution < 1.29 is 9.90 Å². The van der Waals surface area contributed by atoms with Crippen LogP contribution in [0.25, 0.3) is 6.08 Å². The summed E-state index contributed by atoms with van der Waals surface area (Å²) in [5, 5.41) is 8.55. The summed E-state index contributed by atoms with van der Waals surface area (Å²) in [5.41, 5.74) is 2.14. The van der Waals surface area contributed by atoms with Crippen LogP contribution < -0.4 is 0 Å². The molecule has 0 radical (unpaired) electrons. The lowest BCUT2D eigenvalue weighted by molar-refractivity contribution is -0.131. The molecule has 0 fully saturated rings. The number of hydrogen-bond acceptors (Lipinski definition) is 3. The summed E-state index contributed by atoms with van der Waals surface area (Å²) in [5.74, 6) is -0.924. The van der Waals surface area contributed by atoms with E-state index in [0.717, 1.165) is 31.3 Å². The summed E-state index contributed by atoms with van der Waals surface area (Å²) < 4.78 is 0. The van der Waals surface area contributed by atoms with Crippen LogP contribution in [0.4, 0.5) is 0 Å². The number of rotatable bonds is 7. The first-order valence-electron chi connectivity index (χ1n) is 6.30. The van der Waals surface area contributed by atoms with Crippen molar-refractivity contribution in [2.45, 2.75) is 6.54 Å². The molecular formula is C15H22N2O2. The molecule has 0 unspecified atom stereocenters. The molecule has 0 saturated heterocycles. The Morgan fingerprint density at radius 3 is 2.32 bits per heavy atom. The third-order valence-electron chi connectivity index (χ3n) is 2.78. The molecule has 0 amide bonds. The van der Waals surface area contributed by atoms with Gasteiger partial charge in [0.25, 0.3) is 0 Å².